The van der Waals surface area contributed by atoms with Gasteiger partial charge in [-0.15, -0.1) is 0 Å². The fraction of sp³-hybridized carbons (Fsp3) is 0.769. The summed E-state index contributed by atoms with van der Waals surface area (Å²) in [6, 6.07) is 0.688. The fourth-order valence-electron chi connectivity index (χ4n) is 2.70. The summed E-state index contributed by atoms with van der Waals surface area (Å²) in [5.74, 6) is 1.17. The lowest BCUT2D eigenvalue weighted by Gasteiger charge is -2.27. The van der Waals surface area contributed by atoms with Crippen LogP contribution in [0.2, 0.25) is 0 Å². The summed E-state index contributed by atoms with van der Waals surface area (Å²) < 4.78 is 2.10. The van der Waals surface area contributed by atoms with Gasteiger partial charge in [-0.2, -0.15) is 0 Å². The van der Waals surface area contributed by atoms with Crippen molar-refractivity contribution >= 4 is 0 Å². The summed E-state index contributed by atoms with van der Waals surface area (Å²) in [6.07, 6.45) is 8.95. The molecule has 1 fully saturated rings. The van der Waals surface area contributed by atoms with E-state index in [1.165, 1.54) is 25.1 Å². The van der Waals surface area contributed by atoms with Crippen molar-refractivity contribution in [2.75, 3.05) is 6.54 Å². The lowest BCUT2D eigenvalue weighted by atomic mass is 9.87. The maximum atomic E-state index is 4.34. The average Bonchev–Trinajstić information content (AvgIpc) is 2.75. The van der Waals surface area contributed by atoms with E-state index in [9.17, 15) is 0 Å². The number of rotatable bonds is 4. The molecule has 1 unspecified atom stereocenters. The minimum Gasteiger partial charge on any atom is -0.338 e. The molecule has 1 saturated carbocycles. The smallest absolute Gasteiger partial charge is 0.109 e. The summed E-state index contributed by atoms with van der Waals surface area (Å²) in [5.41, 5.74) is 0.474. The van der Waals surface area contributed by atoms with E-state index in [0.29, 0.717) is 11.5 Å². The Kier molecular flexibility index (Phi) is 3.33. The summed E-state index contributed by atoms with van der Waals surface area (Å²) in [4.78, 5) is 4.34. The van der Waals surface area contributed by atoms with Gasteiger partial charge in [0.2, 0.25) is 0 Å². The van der Waals surface area contributed by atoms with Crippen molar-refractivity contribution in [3.05, 3.63) is 18.2 Å². The van der Waals surface area contributed by atoms with Crippen LogP contribution >= 0.6 is 0 Å². The molecule has 0 bridgehead atoms. The normalized spacial score (nSPS) is 23.8. The standard InChI is InChI=1S/C13H23N3/c1-13(2)7-4-5-11(13)14-8-6-12-15-9-10-16(12)3/h9-11,14H,4-8H2,1-3H3. The molecule has 90 valence electrons. The zero-order chi connectivity index (χ0) is 11.6. The number of hydrogen-bond acceptors (Lipinski definition) is 2. The molecule has 0 saturated heterocycles. The lowest BCUT2D eigenvalue weighted by molar-refractivity contribution is 0.284. The van der Waals surface area contributed by atoms with Crippen molar-refractivity contribution < 1.29 is 0 Å². The van der Waals surface area contributed by atoms with Crippen molar-refractivity contribution in [3.8, 4) is 0 Å². The Morgan fingerprint density at radius 3 is 2.94 bits per heavy atom. The van der Waals surface area contributed by atoms with E-state index in [1.54, 1.807) is 0 Å². The first-order valence-electron chi connectivity index (χ1n) is 6.29. The van der Waals surface area contributed by atoms with Crippen LogP contribution in [0.15, 0.2) is 12.4 Å². The Hall–Kier alpha value is -0.830. The average molecular weight is 221 g/mol. The Morgan fingerprint density at radius 1 is 1.56 bits per heavy atom. The van der Waals surface area contributed by atoms with E-state index in [0.717, 1.165) is 13.0 Å². The first kappa shape index (κ1) is 11.6. The van der Waals surface area contributed by atoms with Gasteiger partial charge in [-0.1, -0.05) is 20.3 Å². The third-order valence-electron chi connectivity index (χ3n) is 3.92. The molecule has 1 aliphatic carbocycles. The highest BCUT2D eigenvalue weighted by atomic mass is 15.0. The number of nitrogens with zero attached hydrogens (tertiary/aromatic N) is 2. The van der Waals surface area contributed by atoms with Gasteiger partial charge >= 0.3 is 0 Å². The van der Waals surface area contributed by atoms with E-state index in [1.807, 2.05) is 12.4 Å². The molecule has 0 spiro atoms. The Balaban J connectivity index is 1.78. The lowest BCUT2D eigenvalue weighted by Crippen LogP contribution is -2.38. The summed E-state index contributed by atoms with van der Waals surface area (Å²) in [5, 5.41) is 3.68. The van der Waals surface area contributed by atoms with Crippen molar-refractivity contribution in [1.29, 1.82) is 0 Å². The summed E-state index contributed by atoms with van der Waals surface area (Å²) in [6.45, 7) is 5.79. The zero-order valence-electron chi connectivity index (χ0n) is 10.7. The van der Waals surface area contributed by atoms with E-state index in [-0.39, 0.29) is 0 Å². The minimum atomic E-state index is 0.474. The predicted octanol–water partition coefficient (Wildman–Crippen LogP) is 2.13. The van der Waals surface area contributed by atoms with Gasteiger partial charge in [-0.05, 0) is 18.3 Å². The Morgan fingerprint density at radius 2 is 2.38 bits per heavy atom. The molecule has 1 heterocycles. The highest BCUT2D eigenvalue weighted by Gasteiger charge is 2.33. The minimum absolute atomic E-state index is 0.474. The quantitative estimate of drug-likeness (QED) is 0.844. The largest absolute Gasteiger partial charge is 0.338 e. The van der Waals surface area contributed by atoms with Crippen LogP contribution in [-0.4, -0.2) is 22.1 Å². The van der Waals surface area contributed by atoms with Gasteiger partial charge in [-0.3, -0.25) is 0 Å². The topological polar surface area (TPSA) is 29.9 Å². The molecule has 1 N–H and O–H groups in total. The molecule has 3 heteroatoms. The SMILES string of the molecule is Cn1ccnc1CCNC1CCCC1(C)C. The highest BCUT2D eigenvalue weighted by molar-refractivity contribution is 4.94. The van der Waals surface area contributed by atoms with Crippen LogP contribution in [0.3, 0.4) is 0 Å². The second-order valence-corrected chi connectivity index (χ2v) is 5.59. The van der Waals surface area contributed by atoms with Crippen LogP contribution in [0.1, 0.15) is 38.9 Å². The van der Waals surface area contributed by atoms with Crippen molar-refractivity contribution in [1.82, 2.24) is 14.9 Å². The second kappa shape index (κ2) is 4.58. The maximum Gasteiger partial charge on any atom is 0.109 e. The molecule has 0 amide bonds. The molecule has 1 aliphatic rings. The first-order valence-corrected chi connectivity index (χ1v) is 6.29. The molecule has 0 aliphatic heterocycles. The molecule has 16 heavy (non-hydrogen) atoms. The Labute approximate surface area is 98.3 Å². The van der Waals surface area contributed by atoms with Crippen molar-refractivity contribution in [2.24, 2.45) is 12.5 Å². The van der Waals surface area contributed by atoms with Gasteiger partial charge in [-0.25, -0.2) is 4.98 Å². The number of aromatic nitrogens is 2. The second-order valence-electron chi connectivity index (χ2n) is 5.59. The molecular formula is C13H23N3. The van der Waals surface area contributed by atoms with Crippen LogP contribution in [0.25, 0.3) is 0 Å². The number of aryl methyl sites for hydroxylation is 1. The van der Waals surface area contributed by atoms with Gasteiger partial charge in [0.1, 0.15) is 5.82 Å². The third-order valence-corrected chi connectivity index (χ3v) is 3.92. The molecular weight excluding hydrogens is 198 g/mol. The van der Waals surface area contributed by atoms with Crippen molar-refractivity contribution in [3.63, 3.8) is 0 Å². The van der Waals surface area contributed by atoms with Gasteiger partial charge in [0.05, 0.1) is 0 Å². The summed E-state index contributed by atoms with van der Waals surface area (Å²) >= 11 is 0. The maximum absolute atomic E-state index is 4.34. The summed E-state index contributed by atoms with van der Waals surface area (Å²) in [7, 11) is 2.06. The third kappa shape index (κ3) is 2.46. The van der Waals surface area contributed by atoms with Crippen LogP contribution in [0.4, 0.5) is 0 Å². The highest BCUT2D eigenvalue weighted by Crippen LogP contribution is 2.36. The Bertz CT molecular complexity index is 341. The predicted molar refractivity (Wildman–Crippen MR) is 66.3 cm³/mol. The van der Waals surface area contributed by atoms with Crippen LogP contribution < -0.4 is 5.32 Å². The van der Waals surface area contributed by atoms with Gasteiger partial charge < -0.3 is 9.88 Å². The van der Waals surface area contributed by atoms with E-state index < -0.39 is 0 Å². The first-order chi connectivity index (χ1) is 7.59. The molecule has 0 aromatic carbocycles. The zero-order valence-corrected chi connectivity index (χ0v) is 10.7. The van der Waals surface area contributed by atoms with Gasteiger partial charge in [0.15, 0.2) is 0 Å². The number of hydrogen-bond donors (Lipinski definition) is 1. The van der Waals surface area contributed by atoms with E-state index in [2.05, 4.69) is 35.8 Å². The number of nitrogens with one attached hydrogen (secondary N) is 1. The molecule has 2 rings (SSSR count). The van der Waals surface area contributed by atoms with E-state index in [4.69, 9.17) is 0 Å². The molecule has 3 nitrogen and oxygen atoms in total. The molecule has 1 aromatic heterocycles. The van der Waals surface area contributed by atoms with E-state index >= 15 is 0 Å². The van der Waals surface area contributed by atoms with Crippen LogP contribution in [0.5, 0.6) is 0 Å². The number of imidazole rings is 1. The van der Waals surface area contributed by atoms with Crippen LogP contribution in [-0.2, 0) is 13.5 Å². The fourth-order valence-corrected chi connectivity index (χ4v) is 2.70. The monoisotopic (exact) mass is 221 g/mol. The molecule has 1 atom stereocenters. The van der Waals surface area contributed by atoms with Crippen molar-refractivity contribution in [2.45, 2.75) is 45.6 Å². The molecule has 1 aromatic rings. The van der Waals surface area contributed by atoms with Crippen LogP contribution in [0, 0.1) is 5.41 Å². The molecule has 0 radical (unpaired) electrons. The van der Waals surface area contributed by atoms with Gasteiger partial charge in [0, 0.05) is 38.4 Å². The van der Waals surface area contributed by atoms with Gasteiger partial charge in [0.25, 0.3) is 0 Å².